The van der Waals surface area contributed by atoms with Gasteiger partial charge in [-0.25, -0.2) is 0 Å². The summed E-state index contributed by atoms with van der Waals surface area (Å²) in [6.07, 6.45) is 3.73. The van der Waals surface area contributed by atoms with Crippen molar-refractivity contribution in [3.8, 4) is 0 Å². The molecule has 160 valence electrons. The predicted octanol–water partition coefficient (Wildman–Crippen LogP) is 1.58. The molecule has 29 heavy (non-hydrogen) atoms. The van der Waals surface area contributed by atoms with Crippen molar-refractivity contribution in [1.82, 2.24) is 15.1 Å². The topological polar surface area (TPSA) is 60.4 Å². The predicted molar refractivity (Wildman–Crippen MR) is 118 cm³/mol. The number of amides is 1. The summed E-state index contributed by atoms with van der Waals surface area (Å²) in [5, 5.41) is 3.48. The maximum Gasteiger partial charge on any atom is 0.251 e. The molecule has 1 amide bonds. The number of anilines is 1. The van der Waals surface area contributed by atoms with Crippen LogP contribution >= 0.6 is 0 Å². The fourth-order valence-corrected chi connectivity index (χ4v) is 3.90. The van der Waals surface area contributed by atoms with Crippen molar-refractivity contribution < 1.29 is 9.53 Å². The second-order valence-corrected chi connectivity index (χ2v) is 7.95. The Labute approximate surface area is 174 Å². The number of hydrogen-bond acceptors (Lipinski definition) is 4. The normalized spacial score (nSPS) is 20.1. The Balaban J connectivity index is 1.37. The largest absolute Gasteiger partial charge is 0.378 e. The van der Waals surface area contributed by atoms with Crippen LogP contribution < -0.4 is 10.2 Å². The van der Waals surface area contributed by atoms with Gasteiger partial charge in [-0.2, -0.15) is 0 Å². The molecule has 2 fully saturated rings. The quantitative estimate of drug-likeness (QED) is 0.446. The van der Waals surface area contributed by atoms with Crippen LogP contribution in [0.15, 0.2) is 29.3 Å². The lowest BCUT2D eigenvalue weighted by molar-refractivity contribution is -0.142. The number of nitrogens with zero attached hydrogens (tertiary/aromatic N) is 4. The molecule has 2 heterocycles. The van der Waals surface area contributed by atoms with Crippen LogP contribution in [0, 0.1) is 0 Å². The van der Waals surface area contributed by atoms with Gasteiger partial charge < -0.3 is 24.8 Å². The number of benzene rings is 1. The molecule has 1 aromatic carbocycles. The Morgan fingerprint density at radius 1 is 1.17 bits per heavy atom. The van der Waals surface area contributed by atoms with Gasteiger partial charge in [-0.15, -0.1) is 0 Å². The van der Waals surface area contributed by atoms with E-state index in [9.17, 15) is 4.79 Å². The summed E-state index contributed by atoms with van der Waals surface area (Å²) in [6, 6.07) is 8.74. The van der Waals surface area contributed by atoms with Gasteiger partial charge in [0.05, 0.1) is 0 Å². The molecule has 7 heteroatoms. The van der Waals surface area contributed by atoms with Gasteiger partial charge in [0.2, 0.25) is 0 Å². The van der Waals surface area contributed by atoms with E-state index in [1.165, 1.54) is 11.3 Å². The highest BCUT2D eigenvalue weighted by Gasteiger charge is 2.30. The van der Waals surface area contributed by atoms with Crippen molar-refractivity contribution in [2.75, 3.05) is 65.4 Å². The van der Waals surface area contributed by atoms with Gasteiger partial charge in [0, 0.05) is 66.2 Å². The molecule has 7 nitrogen and oxygen atoms in total. The third-order valence-electron chi connectivity index (χ3n) is 5.69. The van der Waals surface area contributed by atoms with E-state index in [1.807, 2.05) is 11.9 Å². The molecule has 2 saturated heterocycles. The monoisotopic (exact) mass is 401 g/mol. The molecule has 0 spiro atoms. The van der Waals surface area contributed by atoms with Gasteiger partial charge in [-0.05, 0) is 43.4 Å². The minimum absolute atomic E-state index is 0.158. The fourth-order valence-electron chi connectivity index (χ4n) is 3.90. The van der Waals surface area contributed by atoms with Crippen molar-refractivity contribution in [3.05, 3.63) is 29.8 Å². The first-order valence-electron chi connectivity index (χ1n) is 10.7. The van der Waals surface area contributed by atoms with Crippen molar-refractivity contribution >= 4 is 17.6 Å². The van der Waals surface area contributed by atoms with Gasteiger partial charge >= 0.3 is 0 Å². The molecule has 1 atom stereocenters. The fraction of sp³-hybridized carbons (Fsp3) is 0.636. The molecule has 0 radical (unpaired) electrons. The van der Waals surface area contributed by atoms with Gasteiger partial charge in [0.15, 0.2) is 5.96 Å². The lowest BCUT2D eigenvalue weighted by atomic mass is 10.1. The zero-order valence-electron chi connectivity index (χ0n) is 18.1. The maximum atomic E-state index is 12.5. The Hall–Kier alpha value is -2.28. The lowest BCUT2D eigenvalue weighted by Crippen LogP contribution is -2.55. The smallest absolute Gasteiger partial charge is 0.251 e. The molecule has 1 aromatic rings. The van der Waals surface area contributed by atoms with E-state index in [-0.39, 0.29) is 12.0 Å². The van der Waals surface area contributed by atoms with Gasteiger partial charge in [-0.3, -0.25) is 9.79 Å². The highest BCUT2D eigenvalue weighted by molar-refractivity contribution is 5.82. The molecule has 1 unspecified atom stereocenters. The van der Waals surface area contributed by atoms with E-state index in [0.29, 0.717) is 6.61 Å². The molecule has 0 saturated carbocycles. The van der Waals surface area contributed by atoms with Crippen molar-refractivity contribution in [1.29, 1.82) is 0 Å². The van der Waals surface area contributed by atoms with Crippen LogP contribution in [-0.4, -0.2) is 88.2 Å². The standard InChI is InChI=1S/C22H35N5O2/c1-23-22(24-12-4-6-18-8-10-19(11-9-18)25(2)3)27-15-13-26(14-16-27)21(28)20-7-5-17-29-20/h8-11,20H,4-7,12-17H2,1-3H3,(H,23,24). The lowest BCUT2D eigenvalue weighted by Gasteiger charge is -2.37. The highest BCUT2D eigenvalue weighted by atomic mass is 16.5. The molecule has 0 aliphatic carbocycles. The first-order valence-corrected chi connectivity index (χ1v) is 10.7. The average molecular weight is 402 g/mol. The molecule has 2 aliphatic heterocycles. The molecule has 0 aromatic heterocycles. The summed E-state index contributed by atoms with van der Waals surface area (Å²) >= 11 is 0. The number of ether oxygens (including phenoxy) is 1. The van der Waals surface area contributed by atoms with Gasteiger partial charge in [0.25, 0.3) is 5.91 Å². The molecule has 0 bridgehead atoms. The number of carbonyl (C=O) groups is 1. The molecule has 3 rings (SSSR count). The second kappa shape index (κ2) is 10.5. The first kappa shape index (κ1) is 21.4. The van der Waals surface area contributed by atoms with Crippen molar-refractivity contribution in [2.24, 2.45) is 4.99 Å². The summed E-state index contributed by atoms with van der Waals surface area (Å²) in [5.74, 6) is 1.09. The van der Waals surface area contributed by atoms with Crippen LogP contribution in [0.25, 0.3) is 0 Å². The molecular weight excluding hydrogens is 366 g/mol. The zero-order valence-corrected chi connectivity index (χ0v) is 18.1. The summed E-state index contributed by atoms with van der Waals surface area (Å²) in [6.45, 7) is 4.69. The number of nitrogens with one attached hydrogen (secondary N) is 1. The van der Waals surface area contributed by atoms with Crippen molar-refractivity contribution in [2.45, 2.75) is 31.8 Å². The third kappa shape index (κ3) is 5.85. The van der Waals surface area contributed by atoms with Gasteiger partial charge in [0.1, 0.15) is 6.10 Å². The highest BCUT2D eigenvalue weighted by Crippen LogP contribution is 2.16. The summed E-state index contributed by atoms with van der Waals surface area (Å²) in [4.78, 5) is 23.2. The second-order valence-electron chi connectivity index (χ2n) is 7.95. The number of carbonyl (C=O) groups excluding carboxylic acids is 1. The van der Waals surface area contributed by atoms with Crippen molar-refractivity contribution in [3.63, 3.8) is 0 Å². The molecule has 2 aliphatic rings. The third-order valence-corrected chi connectivity index (χ3v) is 5.69. The van der Waals surface area contributed by atoms with Crippen LogP contribution in [0.5, 0.6) is 0 Å². The Kier molecular flexibility index (Phi) is 7.75. The Morgan fingerprint density at radius 2 is 1.86 bits per heavy atom. The SMILES string of the molecule is CN=C(NCCCc1ccc(N(C)C)cc1)N1CCN(C(=O)C2CCCO2)CC1. The Bertz CT molecular complexity index is 675. The number of guanidine groups is 1. The van der Waals surface area contributed by atoms with Crippen LogP contribution in [-0.2, 0) is 16.0 Å². The first-order chi connectivity index (χ1) is 14.1. The van der Waals surface area contributed by atoms with Crippen LogP contribution in [0.1, 0.15) is 24.8 Å². The van der Waals surface area contributed by atoms with E-state index in [0.717, 1.165) is 64.4 Å². The number of rotatable bonds is 6. The summed E-state index contributed by atoms with van der Waals surface area (Å²) in [5.41, 5.74) is 2.58. The summed E-state index contributed by atoms with van der Waals surface area (Å²) in [7, 11) is 5.94. The maximum absolute atomic E-state index is 12.5. The van der Waals surface area contributed by atoms with Crippen LogP contribution in [0.3, 0.4) is 0 Å². The number of piperazine rings is 1. The zero-order chi connectivity index (χ0) is 20.6. The summed E-state index contributed by atoms with van der Waals surface area (Å²) < 4.78 is 5.54. The number of aliphatic imine (C=N–C) groups is 1. The molecular formula is C22H35N5O2. The average Bonchev–Trinajstić information content (AvgIpc) is 3.29. The van der Waals surface area contributed by atoms with E-state index >= 15 is 0 Å². The van der Waals surface area contributed by atoms with Gasteiger partial charge in [-0.1, -0.05) is 12.1 Å². The minimum atomic E-state index is -0.217. The van der Waals surface area contributed by atoms with E-state index < -0.39 is 0 Å². The van der Waals surface area contributed by atoms with E-state index in [4.69, 9.17) is 4.74 Å². The van der Waals surface area contributed by atoms with Crippen LogP contribution in [0.4, 0.5) is 5.69 Å². The van der Waals surface area contributed by atoms with E-state index in [1.54, 1.807) is 0 Å². The minimum Gasteiger partial charge on any atom is -0.378 e. The molecule has 1 N–H and O–H groups in total. The number of hydrogen-bond donors (Lipinski definition) is 1. The van der Waals surface area contributed by atoms with Crippen LogP contribution in [0.2, 0.25) is 0 Å². The van der Waals surface area contributed by atoms with E-state index in [2.05, 4.69) is 58.5 Å². The Morgan fingerprint density at radius 3 is 2.45 bits per heavy atom. The number of aryl methyl sites for hydroxylation is 1.